The van der Waals surface area contributed by atoms with Crippen molar-refractivity contribution in [2.45, 2.75) is 19.8 Å². The highest BCUT2D eigenvalue weighted by atomic mass is 16.5. The molecule has 19 heavy (non-hydrogen) atoms. The van der Waals surface area contributed by atoms with E-state index in [9.17, 15) is 4.79 Å². The number of methoxy groups -OCH3 is 1. The van der Waals surface area contributed by atoms with Crippen molar-refractivity contribution in [2.75, 3.05) is 7.11 Å². The summed E-state index contributed by atoms with van der Waals surface area (Å²) in [4.78, 5) is 16.5. The second-order valence-electron chi connectivity index (χ2n) is 4.81. The second kappa shape index (κ2) is 4.50. The quantitative estimate of drug-likeness (QED) is 0.846. The molecule has 1 fully saturated rings. The summed E-state index contributed by atoms with van der Waals surface area (Å²) in [5, 5.41) is 4.12. The maximum Gasteiger partial charge on any atom is 0.336 e. The van der Waals surface area contributed by atoms with E-state index in [0.29, 0.717) is 5.82 Å². The van der Waals surface area contributed by atoms with Crippen LogP contribution in [-0.2, 0) is 0 Å². The van der Waals surface area contributed by atoms with Crippen molar-refractivity contribution in [1.29, 1.82) is 0 Å². The van der Waals surface area contributed by atoms with E-state index >= 15 is 0 Å². The van der Waals surface area contributed by atoms with Gasteiger partial charge < -0.3 is 4.74 Å². The van der Waals surface area contributed by atoms with Gasteiger partial charge in [0.15, 0.2) is 5.82 Å². The minimum absolute atomic E-state index is 0.00590. The number of benzene rings is 1. The zero-order valence-corrected chi connectivity index (χ0v) is 11.0. The van der Waals surface area contributed by atoms with Gasteiger partial charge in [-0.25, -0.2) is 0 Å². The molecule has 1 aliphatic carbocycles. The molecule has 2 aromatic rings. The highest BCUT2D eigenvalue weighted by Crippen LogP contribution is 2.32. The number of rotatable bonds is 3. The van der Waals surface area contributed by atoms with Crippen molar-refractivity contribution in [1.82, 2.24) is 14.8 Å². The van der Waals surface area contributed by atoms with Gasteiger partial charge in [0.05, 0.1) is 7.11 Å². The van der Waals surface area contributed by atoms with E-state index in [1.165, 1.54) is 11.8 Å². The van der Waals surface area contributed by atoms with Crippen LogP contribution < -0.4 is 4.74 Å². The van der Waals surface area contributed by atoms with Crippen LogP contribution in [0, 0.1) is 12.8 Å². The fourth-order valence-electron chi connectivity index (χ4n) is 1.93. The van der Waals surface area contributed by atoms with Crippen LogP contribution in [0.15, 0.2) is 24.3 Å². The summed E-state index contributed by atoms with van der Waals surface area (Å²) < 4.78 is 6.41. The van der Waals surface area contributed by atoms with E-state index in [1.807, 2.05) is 31.2 Å². The summed E-state index contributed by atoms with van der Waals surface area (Å²) in [7, 11) is 1.50. The van der Waals surface area contributed by atoms with Crippen molar-refractivity contribution in [2.24, 2.45) is 5.92 Å². The summed E-state index contributed by atoms with van der Waals surface area (Å²) in [5.74, 6) is 0.649. The normalized spacial score (nSPS) is 14.4. The first kappa shape index (κ1) is 11.9. The van der Waals surface area contributed by atoms with Gasteiger partial charge in [0, 0.05) is 11.5 Å². The van der Waals surface area contributed by atoms with Gasteiger partial charge in [-0.1, -0.05) is 29.8 Å². The minimum atomic E-state index is 0.00590. The van der Waals surface area contributed by atoms with Crippen molar-refractivity contribution < 1.29 is 9.53 Å². The Labute approximate surface area is 111 Å². The van der Waals surface area contributed by atoms with E-state index in [1.54, 1.807) is 0 Å². The zero-order valence-electron chi connectivity index (χ0n) is 11.0. The molecule has 0 bridgehead atoms. The number of hydrogen-bond donors (Lipinski definition) is 0. The van der Waals surface area contributed by atoms with Crippen LogP contribution in [0.3, 0.4) is 0 Å². The SMILES string of the molecule is COc1nc(-c2ccc(C)cc2)n(C(=O)C2CC2)n1. The third-order valence-corrected chi connectivity index (χ3v) is 3.22. The van der Waals surface area contributed by atoms with Gasteiger partial charge in [0.2, 0.25) is 0 Å². The number of ether oxygens (including phenoxy) is 1. The van der Waals surface area contributed by atoms with Crippen molar-refractivity contribution >= 4 is 5.91 Å². The lowest BCUT2D eigenvalue weighted by Crippen LogP contribution is -2.15. The summed E-state index contributed by atoms with van der Waals surface area (Å²) in [6, 6.07) is 8.08. The number of hydrogen-bond acceptors (Lipinski definition) is 4. The molecule has 3 rings (SSSR count). The van der Waals surface area contributed by atoms with Crippen LogP contribution in [0.2, 0.25) is 0 Å². The maximum absolute atomic E-state index is 12.2. The van der Waals surface area contributed by atoms with Crippen molar-refractivity contribution in [3.63, 3.8) is 0 Å². The number of aryl methyl sites for hydroxylation is 1. The average Bonchev–Trinajstić information content (AvgIpc) is 3.18. The zero-order chi connectivity index (χ0) is 13.4. The van der Waals surface area contributed by atoms with Gasteiger partial charge in [-0.05, 0) is 19.8 Å². The number of carbonyl (C=O) groups is 1. The highest BCUT2D eigenvalue weighted by Gasteiger charge is 2.33. The molecule has 0 atom stereocenters. The van der Waals surface area contributed by atoms with E-state index < -0.39 is 0 Å². The van der Waals surface area contributed by atoms with Crippen LogP contribution in [0.4, 0.5) is 0 Å². The Morgan fingerprint density at radius 1 is 1.32 bits per heavy atom. The van der Waals surface area contributed by atoms with Gasteiger partial charge in [-0.2, -0.15) is 9.67 Å². The molecule has 1 aromatic carbocycles. The van der Waals surface area contributed by atoms with Gasteiger partial charge in [0.25, 0.3) is 5.91 Å². The first-order valence-corrected chi connectivity index (χ1v) is 6.31. The summed E-state index contributed by atoms with van der Waals surface area (Å²) in [6.45, 7) is 2.02. The monoisotopic (exact) mass is 257 g/mol. The molecule has 1 saturated carbocycles. The molecule has 1 aliphatic rings. The molecule has 0 amide bonds. The van der Waals surface area contributed by atoms with Crippen LogP contribution in [0.5, 0.6) is 6.01 Å². The lowest BCUT2D eigenvalue weighted by atomic mass is 10.1. The second-order valence-corrected chi connectivity index (χ2v) is 4.81. The molecule has 0 spiro atoms. The molecule has 98 valence electrons. The molecule has 5 heteroatoms. The Balaban J connectivity index is 2.05. The third kappa shape index (κ3) is 2.23. The predicted molar refractivity (Wildman–Crippen MR) is 70.1 cm³/mol. The van der Waals surface area contributed by atoms with Gasteiger partial charge in [-0.15, -0.1) is 5.10 Å². The number of carbonyl (C=O) groups excluding carboxylic acids is 1. The van der Waals surface area contributed by atoms with E-state index in [0.717, 1.165) is 24.0 Å². The van der Waals surface area contributed by atoms with Crippen molar-refractivity contribution in [3.05, 3.63) is 29.8 Å². The highest BCUT2D eigenvalue weighted by molar-refractivity contribution is 5.86. The fraction of sp³-hybridized carbons (Fsp3) is 0.357. The van der Waals surface area contributed by atoms with Crippen LogP contribution in [-0.4, -0.2) is 27.8 Å². The van der Waals surface area contributed by atoms with Crippen molar-refractivity contribution in [3.8, 4) is 17.4 Å². The molecule has 1 heterocycles. The first-order chi connectivity index (χ1) is 9.19. The fourth-order valence-corrected chi connectivity index (χ4v) is 1.93. The molecular weight excluding hydrogens is 242 g/mol. The molecule has 0 unspecified atom stereocenters. The Morgan fingerprint density at radius 3 is 2.58 bits per heavy atom. The predicted octanol–water partition coefficient (Wildman–Crippen LogP) is 2.31. The Hall–Kier alpha value is -2.17. The minimum Gasteiger partial charge on any atom is -0.466 e. The van der Waals surface area contributed by atoms with E-state index in [4.69, 9.17) is 4.74 Å². The maximum atomic E-state index is 12.2. The summed E-state index contributed by atoms with van der Waals surface area (Å²) in [6.07, 6.45) is 1.88. The number of nitrogens with zero attached hydrogens (tertiary/aromatic N) is 3. The summed E-state index contributed by atoms with van der Waals surface area (Å²) >= 11 is 0. The molecule has 0 saturated heterocycles. The third-order valence-electron chi connectivity index (χ3n) is 3.22. The van der Waals surface area contributed by atoms with Crippen LogP contribution >= 0.6 is 0 Å². The lowest BCUT2D eigenvalue weighted by Gasteiger charge is -2.03. The standard InChI is InChI=1S/C14H15N3O2/c1-9-3-5-10(6-4-9)12-15-14(19-2)16-17(12)13(18)11-7-8-11/h3-6,11H,7-8H2,1-2H3. The number of aromatic nitrogens is 3. The molecule has 0 aliphatic heterocycles. The Bertz CT molecular complexity index is 612. The largest absolute Gasteiger partial charge is 0.466 e. The topological polar surface area (TPSA) is 57.0 Å². The van der Waals surface area contributed by atoms with Gasteiger partial charge in [-0.3, -0.25) is 4.79 Å². The average molecular weight is 257 g/mol. The van der Waals surface area contributed by atoms with E-state index in [-0.39, 0.29) is 17.8 Å². The Kier molecular flexibility index (Phi) is 2.81. The smallest absolute Gasteiger partial charge is 0.336 e. The molecule has 1 aromatic heterocycles. The van der Waals surface area contributed by atoms with Crippen LogP contribution in [0.25, 0.3) is 11.4 Å². The molecule has 5 nitrogen and oxygen atoms in total. The Morgan fingerprint density at radius 2 is 2.00 bits per heavy atom. The van der Waals surface area contributed by atoms with Crippen LogP contribution in [0.1, 0.15) is 23.2 Å². The van der Waals surface area contributed by atoms with Gasteiger partial charge in [0.1, 0.15) is 0 Å². The van der Waals surface area contributed by atoms with E-state index in [2.05, 4.69) is 10.1 Å². The van der Waals surface area contributed by atoms with Gasteiger partial charge >= 0.3 is 6.01 Å². The first-order valence-electron chi connectivity index (χ1n) is 6.31. The molecular formula is C14H15N3O2. The lowest BCUT2D eigenvalue weighted by molar-refractivity contribution is 0.0870. The summed E-state index contributed by atoms with van der Waals surface area (Å²) in [5.41, 5.74) is 2.03. The molecule has 0 radical (unpaired) electrons. The molecule has 0 N–H and O–H groups in total.